The fourth-order valence-corrected chi connectivity index (χ4v) is 0.764. The molecule has 0 saturated carbocycles. The van der Waals surface area contributed by atoms with E-state index in [9.17, 15) is 0 Å². The Balaban J connectivity index is 3.03. The fourth-order valence-electron chi connectivity index (χ4n) is 0.323. The Kier molecular flexibility index (Phi) is 7.31. The van der Waals surface area contributed by atoms with Gasteiger partial charge in [0.05, 0.1) is 10.7 Å². The van der Waals surface area contributed by atoms with E-state index in [-0.39, 0.29) is 10.7 Å². The molecule has 0 aliphatic rings. The average molecular weight is 199 g/mol. The van der Waals surface area contributed by atoms with Gasteiger partial charge in [0.2, 0.25) is 0 Å². The summed E-state index contributed by atoms with van der Waals surface area (Å²) in [6.45, 7) is 4.64. The zero-order valence-electron chi connectivity index (χ0n) is 6.07. The van der Waals surface area contributed by atoms with Crippen molar-refractivity contribution >= 4 is 35.1 Å². The molecule has 0 aliphatic heterocycles. The lowest BCUT2D eigenvalue weighted by Gasteiger charge is -2.10. The smallest absolute Gasteiger partial charge is 0.0734 e. The standard InChI is InChI=1S/C5H13NOS3/c1-4(2)7-6-3-5(8)10-9/h4-6,8-9H,3H2,1-2H3. The van der Waals surface area contributed by atoms with Gasteiger partial charge in [-0.05, 0) is 13.8 Å². The first-order chi connectivity index (χ1) is 4.66. The maximum Gasteiger partial charge on any atom is 0.0734 e. The first-order valence-electron chi connectivity index (χ1n) is 3.03. The third-order valence-electron chi connectivity index (χ3n) is 0.699. The van der Waals surface area contributed by atoms with Crippen LogP contribution in [0.2, 0.25) is 0 Å². The van der Waals surface area contributed by atoms with E-state index in [1.807, 2.05) is 13.8 Å². The van der Waals surface area contributed by atoms with E-state index >= 15 is 0 Å². The molecule has 0 aromatic heterocycles. The summed E-state index contributed by atoms with van der Waals surface area (Å²) in [5.74, 6) is 0. The van der Waals surface area contributed by atoms with Gasteiger partial charge in [0.15, 0.2) is 0 Å². The number of hydrogen-bond donors (Lipinski definition) is 3. The maximum atomic E-state index is 5.07. The van der Waals surface area contributed by atoms with E-state index in [4.69, 9.17) is 4.84 Å². The molecule has 0 spiro atoms. The van der Waals surface area contributed by atoms with Gasteiger partial charge in [-0.1, -0.05) is 10.8 Å². The van der Waals surface area contributed by atoms with Gasteiger partial charge in [-0.3, -0.25) is 4.84 Å². The molecule has 1 unspecified atom stereocenters. The van der Waals surface area contributed by atoms with Gasteiger partial charge < -0.3 is 0 Å². The van der Waals surface area contributed by atoms with Crippen LogP contribution in [0, 0.1) is 0 Å². The van der Waals surface area contributed by atoms with Gasteiger partial charge >= 0.3 is 0 Å². The predicted molar refractivity (Wildman–Crippen MR) is 53.6 cm³/mol. The van der Waals surface area contributed by atoms with Gasteiger partial charge in [-0.15, -0.1) is 11.7 Å². The summed E-state index contributed by atoms with van der Waals surface area (Å²) in [5.41, 5.74) is 2.79. The van der Waals surface area contributed by atoms with Crippen molar-refractivity contribution in [3.05, 3.63) is 0 Å². The van der Waals surface area contributed by atoms with Crippen LogP contribution in [0.5, 0.6) is 0 Å². The molecule has 0 rings (SSSR count). The SMILES string of the molecule is CC(C)ONCC(S)SS. The third-order valence-corrected chi connectivity index (χ3v) is 2.87. The topological polar surface area (TPSA) is 21.3 Å². The summed E-state index contributed by atoms with van der Waals surface area (Å²) in [4.78, 5) is 5.07. The zero-order chi connectivity index (χ0) is 7.98. The Morgan fingerprint density at radius 1 is 1.60 bits per heavy atom. The van der Waals surface area contributed by atoms with Crippen molar-refractivity contribution in [1.29, 1.82) is 0 Å². The van der Waals surface area contributed by atoms with Crippen LogP contribution in [-0.4, -0.2) is 17.2 Å². The summed E-state index contributed by atoms with van der Waals surface area (Å²) in [5, 5.41) is 0. The van der Waals surface area contributed by atoms with Crippen LogP contribution in [0.4, 0.5) is 0 Å². The molecule has 0 amide bonds. The number of nitrogens with one attached hydrogen (secondary N) is 1. The van der Waals surface area contributed by atoms with Crippen LogP contribution >= 0.6 is 35.1 Å². The van der Waals surface area contributed by atoms with E-state index in [0.717, 1.165) is 0 Å². The molecule has 0 aliphatic carbocycles. The van der Waals surface area contributed by atoms with Crippen LogP contribution in [0.3, 0.4) is 0 Å². The van der Waals surface area contributed by atoms with Crippen molar-refractivity contribution in [2.24, 2.45) is 0 Å². The Morgan fingerprint density at radius 3 is 2.60 bits per heavy atom. The molecule has 10 heavy (non-hydrogen) atoms. The van der Waals surface area contributed by atoms with Crippen molar-refractivity contribution in [2.45, 2.75) is 24.5 Å². The van der Waals surface area contributed by atoms with E-state index in [1.54, 1.807) is 0 Å². The van der Waals surface area contributed by atoms with Crippen molar-refractivity contribution in [2.75, 3.05) is 6.54 Å². The normalized spacial score (nSPS) is 14.1. The van der Waals surface area contributed by atoms with Crippen LogP contribution < -0.4 is 5.48 Å². The van der Waals surface area contributed by atoms with E-state index in [2.05, 4.69) is 29.8 Å². The lowest BCUT2D eigenvalue weighted by atomic mass is 10.5. The monoisotopic (exact) mass is 199 g/mol. The molecule has 0 bridgehead atoms. The Morgan fingerprint density at radius 2 is 2.20 bits per heavy atom. The van der Waals surface area contributed by atoms with E-state index in [0.29, 0.717) is 6.54 Å². The molecular weight excluding hydrogens is 186 g/mol. The highest BCUT2D eigenvalue weighted by Crippen LogP contribution is 2.16. The first-order valence-corrected chi connectivity index (χ1v) is 5.48. The van der Waals surface area contributed by atoms with Gasteiger partial charge in [-0.25, -0.2) is 5.48 Å². The van der Waals surface area contributed by atoms with Crippen molar-refractivity contribution in [1.82, 2.24) is 5.48 Å². The van der Waals surface area contributed by atoms with Gasteiger partial charge in [0, 0.05) is 6.54 Å². The van der Waals surface area contributed by atoms with Crippen molar-refractivity contribution < 1.29 is 4.84 Å². The first kappa shape index (κ1) is 11.0. The minimum atomic E-state index is 0.182. The molecule has 0 fully saturated rings. The van der Waals surface area contributed by atoms with Crippen molar-refractivity contribution in [3.8, 4) is 0 Å². The van der Waals surface area contributed by atoms with Crippen molar-refractivity contribution in [3.63, 3.8) is 0 Å². The third kappa shape index (κ3) is 7.08. The predicted octanol–water partition coefficient (Wildman–Crippen LogP) is 1.75. The molecule has 2 nitrogen and oxygen atoms in total. The number of hydroxylamine groups is 1. The molecule has 1 N–H and O–H groups in total. The quantitative estimate of drug-likeness (QED) is 0.272. The van der Waals surface area contributed by atoms with Crippen LogP contribution in [0.15, 0.2) is 0 Å². The molecular formula is C5H13NOS3. The van der Waals surface area contributed by atoms with E-state index in [1.165, 1.54) is 10.8 Å². The zero-order valence-corrected chi connectivity index (χ0v) is 8.68. The summed E-state index contributed by atoms with van der Waals surface area (Å²) in [6, 6.07) is 0. The molecule has 0 aromatic carbocycles. The molecule has 0 heterocycles. The molecule has 0 saturated heterocycles. The number of hydrogen-bond acceptors (Lipinski definition) is 5. The van der Waals surface area contributed by atoms with Gasteiger partial charge in [0.25, 0.3) is 0 Å². The second-order valence-electron chi connectivity index (χ2n) is 2.08. The summed E-state index contributed by atoms with van der Waals surface area (Å²) < 4.78 is 0.182. The molecule has 1 atom stereocenters. The van der Waals surface area contributed by atoms with Gasteiger partial charge in [0.1, 0.15) is 0 Å². The second kappa shape index (κ2) is 6.67. The summed E-state index contributed by atoms with van der Waals surface area (Å²) in [7, 11) is 1.39. The molecule has 5 heteroatoms. The lowest BCUT2D eigenvalue weighted by molar-refractivity contribution is -0.00205. The fraction of sp³-hybridized carbons (Fsp3) is 1.00. The highest BCUT2D eigenvalue weighted by molar-refractivity contribution is 8.70. The Hall–Kier alpha value is 0.970. The highest BCUT2D eigenvalue weighted by atomic mass is 33.1. The van der Waals surface area contributed by atoms with Crippen LogP contribution in [0.1, 0.15) is 13.8 Å². The van der Waals surface area contributed by atoms with Crippen LogP contribution in [0.25, 0.3) is 0 Å². The minimum absolute atomic E-state index is 0.182. The Bertz CT molecular complexity index is 81.3. The lowest BCUT2D eigenvalue weighted by Crippen LogP contribution is -2.24. The molecule has 62 valence electrons. The summed E-state index contributed by atoms with van der Waals surface area (Å²) in [6.07, 6.45) is 0.213. The highest BCUT2D eigenvalue weighted by Gasteiger charge is 1.99. The van der Waals surface area contributed by atoms with E-state index < -0.39 is 0 Å². The maximum absolute atomic E-state index is 5.07. The molecule has 0 aromatic rings. The minimum Gasteiger partial charge on any atom is -0.299 e. The molecule has 0 radical (unpaired) electrons. The average Bonchev–Trinajstić information content (AvgIpc) is 1.87. The Labute approximate surface area is 76.6 Å². The van der Waals surface area contributed by atoms with Gasteiger partial charge in [-0.2, -0.15) is 12.6 Å². The number of rotatable bonds is 5. The largest absolute Gasteiger partial charge is 0.299 e. The number of thiol groups is 2. The van der Waals surface area contributed by atoms with Crippen LogP contribution in [-0.2, 0) is 4.84 Å². The second-order valence-corrected chi connectivity index (χ2v) is 4.46. The summed E-state index contributed by atoms with van der Waals surface area (Å²) >= 11 is 8.16.